The largest absolute Gasteiger partial charge is 0.402 e. The third-order valence-corrected chi connectivity index (χ3v) is 5.32. The van der Waals surface area contributed by atoms with Crippen molar-refractivity contribution < 1.29 is 17.6 Å². The van der Waals surface area contributed by atoms with E-state index in [1.54, 1.807) is 0 Å². The number of benzene rings is 1. The minimum Gasteiger partial charge on any atom is -0.351 e. The van der Waals surface area contributed by atoms with Gasteiger partial charge in [-0.25, -0.2) is 4.39 Å². The molecular formula is C20H23F4N3O. The van der Waals surface area contributed by atoms with Crippen molar-refractivity contribution in [2.75, 3.05) is 11.9 Å². The Bertz CT molecular complexity index is 909. The monoisotopic (exact) mass is 397 g/mol. The van der Waals surface area contributed by atoms with Crippen molar-refractivity contribution in [2.24, 2.45) is 0 Å². The summed E-state index contributed by atoms with van der Waals surface area (Å²) >= 11 is 0. The van der Waals surface area contributed by atoms with Crippen molar-refractivity contribution >= 4 is 11.4 Å². The van der Waals surface area contributed by atoms with Crippen LogP contribution in [-0.4, -0.2) is 23.7 Å². The number of fused-ring (bicyclic) bond motifs is 2. The third kappa shape index (κ3) is 3.41. The Kier molecular flexibility index (Phi) is 5.52. The summed E-state index contributed by atoms with van der Waals surface area (Å²) in [6.45, 7) is 3.99. The molecule has 0 spiro atoms. The molecule has 3 N–H and O–H groups in total. The van der Waals surface area contributed by atoms with Crippen molar-refractivity contribution in [3.63, 3.8) is 0 Å². The topological polar surface area (TPSA) is 56.9 Å². The zero-order valence-electron chi connectivity index (χ0n) is 15.7. The highest BCUT2D eigenvalue weighted by molar-refractivity contribution is 5.75. The van der Waals surface area contributed by atoms with Gasteiger partial charge in [-0.15, -0.1) is 0 Å². The summed E-state index contributed by atoms with van der Waals surface area (Å²) in [4.78, 5) is 14.7. The number of alkyl halides is 3. The van der Waals surface area contributed by atoms with Gasteiger partial charge < -0.3 is 15.6 Å². The molecule has 1 aromatic carbocycles. The molecule has 1 aromatic heterocycles. The lowest BCUT2D eigenvalue weighted by atomic mass is 9.68. The van der Waals surface area contributed by atoms with Gasteiger partial charge in [-0.1, -0.05) is 13.3 Å². The quantitative estimate of drug-likeness (QED) is 0.625. The first kappa shape index (κ1) is 20.4. The molecule has 2 atom stereocenters. The first-order chi connectivity index (χ1) is 13.2. The molecule has 0 aliphatic carbocycles. The number of aromatic nitrogens is 1. The predicted molar refractivity (Wildman–Crippen MR) is 101 cm³/mol. The SMILES string of the molecule is CCCC(C)NCCC1(C(F)(F)F)c2cc(F)ccc2Nc2c1cc[nH]c2=O. The van der Waals surface area contributed by atoms with E-state index >= 15 is 0 Å². The number of pyridine rings is 1. The number of H-pyrrole nitrogens is 1. The minimum absolute atomic E-state index is 0.0580. The smallest absolute Gasteiger partial charge is 0.351 e. The van der Waals surface area contributed by atoms with E-state index in [0.717, 1.165) is 25.0 Å². The van der Waals surface area contributed by atoms with E-state index in [1.807, 2.05) is 13.8 Å². The molecule has 28 heavy (non-hydrogen) atoms. The van der Waals surface area contributed by atoms with Crippen LogP contribution < -0.4 is 16.2 Å². The van der Waals surface area contributed by atoms with Crippen LogP contribution in [0.25, 0.3) is 0 Å². The summed E-state index contributed by atoms with van der Waals surface area (Å²) in [5.74, 6) is -0.755. The lowest BCUT2D eigenvalue weighted by molar-refractivity contribution is -0.180. The van der Waals surface area contributed by atoms with Gasteiger partial charge in [0.15, 0.2) is 0 Å². The highest BCUT2D eigenvalue weighted by Gasteiger charge is 2.60. The number of halogens is 4. The van der Waals surface area contributed by atoms with Crippen molar-refractivity contribution in [3.05, 3.63) is 57.8 Å². The first-order valence-electron chi connectivity index (χ1n) is 9.30. The second kappa shape index (κ2) is 7.58. The van der Waals surface area contributed by atoms with Crippen LogP contribution in [-0.2, 0) is 5.41 Å². The fourth-order valence-electron chi connectivity index (χ4n) is 3.97. The maximum absolute atomic E-state index is 14.6. The van der Waals surface area contributed by atoms with Crippen molar-refractivity contribution in [1.29, 1.82) is 0 Å². The molecule has 0 saturated heterocycles. The Morgan fingerprint density at radius 1 is 1.21 bits per heavy atom. The number of hydrogen-bond donors (Lipinski definition) is 3. The Morgan fingerprint density at radius 3 is 2.64 bits per heavy atom. The molecule has 1 aliphatic rings. The predicted octanol–water partition coefficient (Wildman–Crippen LogP) is 4.59. The fourth-order valence-corrected chi connectivity index (χ4v) is 3.97. The van der Waals surface area contributed by atoms with Crippen molar-refractivity contribution in [3.8, 4) is 0 Å². The summed E-state index contributed by atoms with van der Waals surface area (Å²) < 4.78 is 57.8. The fraction of sp³-hybridized carbons (Fsp3) is 0.450. The van der Waals surface area contributed by atoms with E-state index in [9.17, 15) is 22.4 Å². The molecule has 2 unspecified atom stereocenters. The highest BCUT2D eigenvalue weighted by atomic mass is 19.4. The number of aromatic amines is 1. The van der Waals surface area contributed by atoms with Gasteiger partial charge in [0, 0.05) is 23.5 Å². The minimum atomic E-state index is -4.73. The van der Waals surface area contributed by atoms with Crippen LogP contribution in [0.2, 0.25) is 0 Å². The van der Waals surface area contributed by atoms with Gasteiger partial charge in [-0.3, -0.25) is 4.79 Å². The molecule has 152 valence electrons. The van der Waals surface area contributed by atoms with Crippen LogP contribution in [0, 0.1) is 5.82 Å². The van der Waals surface area contributed by atoms with Crippen LogP contribution in [0.4, 0.5) is 28.9 Å². The number of rotatable bonds is 6. The van der Waals surface area contributed by atoms with Crippen LogP contribution in [0.15, 0.2) is 35.3 Å². The van der Waals surface area contributed by atoms with E-state index in [1.165, 1.54) is 18.3 Å². The van der Waals surface area contributed by atoms with Gasteiger partial charge in [-0.2, -0.15) is 13.2 Å². The summed E-state index contributed by atoms with van der Waals surface area (Å²) in [5.41, 5.74) is -3.59. The molecule has 0 radical (unpaired) electrons. The molecule has 2 heterocycles. The lowest BCUT2D eigenvalue weighted by Gasteiger charge is -2.42. The Morgan fingerprint density at radius 2 is 1.96 bits per heavy atom. The van der Waals surface area contributed by atoms with Crippen molar-refractivity contribution in [1.82, 2.24) is 10.3 Å². The van der Waals surface area contributed by atoms with E-state index in [0.29, 0.717) is 0 Å². The van der Waals surface area contributed by atoms with E-state index < -0.39 is 23.0 Å². The standard InChI is InChI=1S/C20H23F4N3O/c1-3-4-12(2)25-10-8-19(20(22,23)24)14-7-9-26-18(28)17(14)27-16-6-5-13(21)11-15(16)19/h5-7,9,11-12,25,27H,3-4,8,10H2,1-2H3,(H,26,28). The zero-order valence-corrected chi connectivity index (χ0v) is 15.7. The van der Waals surface area contributed by atoms with Crippen molar-refractivity contribution in [2.45, 2.75) is 50.7 Å². The van der Waals surface area contributed by atoms with E-state index in [4.69, 9.17) is 0 Å². The normalized spacial score (nSPS) is 19.5. The molecule has 0 saturated carbocycles. The molecule has 1 aliphatic heterocycles. The average molecular weight is 397 g/mol. The molecule has 2 aromatic rings. The Labute approximate surface area is 160 Å². The van der Waals surface area contributed by atoms with Gasteiger partial charge in [0.1, 0.15) is 16.9 Å². The summed E-state index contributed by atoms with van der Waals surface area (Å²) in [7, 11) is 0. The summed E-state index contributed by atoms with van der Waals surface area (Å²) in [5, 5.41) is 5.87. The molecule has 0 bridgehead atoms. The van der Waals surface area contributed by atoms with Gasteiger partial charge in [-0.05, 0) is 56.1 Å². The second-order valence-corrected chi connectivity index (χ2v) is 7.21. The van der Waals surface area contributed by atoms with Crippen LogP contribution in [0.5, 0.6) is 0 Å². The van der Waals surface area contributed by atoms with Crippen LogP contribution in [0.1, 0.15) is 44.2 Å². The molecule has 0 fully saturated rings. The highest BCUT2D eigenvalue weighted by Crippen LogP contribution is 2.55. The first-order valence-corrected chi connectivity index (χ1v) is 9.30. The number of anilines is 2. The molecule has 8 heteroatoms. The van der Waals surface area contributed by atoms with Gasteiger partial charge >= 0.3 is 6.18 Å². The summed E-state index contributed by atoms with van der Waals surface area (Å²) in [6, 6.07) is 4.54. The zero-order chi connectivity index (χ0) is 20.5. The Hall–Kier alpha value is -2.35. The van der Waals surface area contributed by atoms with E-state index in [-0.39, 0.29) is 41.5 Å². The van der Waals surface area contributed by atoms with Gasteiger partial charge in [0.2, 0.25) is 0 Å². The maximum Gasteiger partial charge on any atom is 0.402 e. The van der Waals surface area contributed by atoms with Crippen LogP contribution in [0.3, 0.4) is 0 Å². The molecule has 0 amide bonds. The third-order valence-electron chi connectivity index (χ3n) is 5.32. The van der Waals surface area contributed by atoms with Gasteiger partial charge in [0.05, 0.1) is 0 Å². The Balaban J connectivity index is 2.16. The number of nitrogens with one attached hydrogen (secondary N) is 3. The molecular weight excluding hydrogens is 374 g/mol. The van der Waals surface area contributed by atoms with Gasteiger partial charge in [0.25, 0.3) is 5.56 Å². The number of hydrogen-bond acceptors (Lipinski definition) is 3. The average Bonchev–Trinajstić information content (AvgIpc) is 2.61. The molecule has 3 rings (SSSR count). The second-order valence-electron chi connectivity index (χ2n) is 7.21. The van der Waals surface area contributed by atoms with Crippen LogP contribution >= 0.6 is 0 Å². The lowest BCUT2D eigenvalue weighted by Crippen LogP contribution is -2.49. The summed E-state index contributed by atoms with van der Waals surface area (Å²) in [6.07, 6.45) is -2.13. The molecule has 4 nitrogen and oxygen atoms in total. The van der Waals surface area contributed by atoms with E-state index in [2.05, 4.69) is 15.6 Å². The maximum atomic E-state index is 14.6.